The van der Waals surface area contributed by atoms with E-state index in [-0.39, 0.29) is 18.3 Å². The predicted molar refractivity (Wildman–Crippen MR) is 168 cm³/mol. The number of rotatable bonds is 12. The van der Waals surface area contributed by atoms with Crippen molar-refractivity contribution < 1.29 is 27.8 Å². The van der Waals surface area contributed by atoms with Crippen LogP contribution in [0.5, 0.6) is 0 Å². The van der Waals surface area contributed by atoms with Gasteiger partial charge in [0.05, 0.1) is 6.61 Å². The highest BCUT2D eigenvalue weighted by molar-refractivity contribution is 6.78. The van der Waals surface area contributed by atoms with E-state index in [4.69, 9.17) is 27.8 Å². The topological polar surface area (TPSA) is 55.4 Å². The molecular formula is C32H58O6Si2. The first-order valence-electron chi connectivity index (χ1n) is 15.6. The quantitative estimate of drug-likeness (QED) is 0.226. The molecule has 2 aliphatic heterocycles. The zero-order valence-corrected chi connectivity index (χ0v) is 29.5. The van der Waals surface area contributed by atoms with Gasteiger partial charge in [0.25, 0.3) is 0 Å². The second-order valence-electron chi connectivity index (χ2n) is 13.8. The predicted octanol–water partition coefficient (Wildman–Crippen LogP) is 8.59. The molecule has 230 valence electrons. The monoisotopic (exact) mass is 594 g/mol. The maximum atomic E-state index is 7.64. The highest BCUT2D eigenvalue weighted by Gasteiger charge is 2.59. The molecule has 0 spiro atoms. The van der Waals surface area contributed by atoms with Crippen LogP contribution in [0.3, 0.4) is 0 Å². The lowest BCUT2D eigenvalue weighted by atomic mass is 9.98. The molecule has 0 aliphatic carbocycles. The molecule has 2 heterocycles. The van der Waals surface area contributed by atoms with E-state index in [0.29, 0.717) is 39.9 Å². The molecule has 2 aliphatic rings. The summed E-state index contributed by atoms with van der Waals surface area (Å²) in [6.45, 7) is 28.3. The summed E-state index contributed by atoms with van der Waals surface area (Å²) in [6, 6.07) is 10.2. The van der Waals surface area contributed by atoms with E-state index >= 15 is 0 Å². The number of fused-ring (bicyclic) bond motifs is 1. The van der Waals surface area contributed by atoms with Crippen LogP contribution in [0.15, 0.2) is 30.3 Å². The summed E-state index contributed by atoms with van der Waals surface area (Å²) in [4.78, 5) is 0. The van der Waals surface area contributed by atoms with Gasteiger partial charge in [-0.3, -0.25) is 0 Å². The zero-order valence-electron chi connectivity index (χ0n) is 27.5. The van der Waals surface area contributed by atoms with Gasteiger partial charge in [-0.15, -0.1) is 0 Å². The molecule has 2 saturated heterocycles. The Balaban J connectivity index is 2.16. The van der Waals surface area contributed by atoms with Crippen molar-refractivity contribution in [2.24, 2.45) is 0 Å². The van der Waals surface area contributed by atoms with Crippen LogP contribution in [0.2, 0.25) is 33.2 Å². The molecule has 0 N–H and O–H groups in total. The second kappa shape index (κ2) is 13.8. The molecule has 0 radical (unpaired) electrons. The highest BCUT2D eigenvalue weighted by atomic mass is 28.4. The van der Waals surface area contributed by atoms with Crippen molar-refractivity contribution in [2.75, 3.05) is 13.7 Å². The molecular weight excluding hydrogens is 537 g/mol. The molecule has 40 heavy (non-hydrogen) atoms. The molecule has 0 amide bonds. The Morgan fingerprint density at radius 2 is 1.10 bits per heavy atom. The van der Waals surface area contributed by atoms with E-state index in [1.165, 1.54) is 0 Å². The Labute approximate surface area is 247 Å². The van der Waals surface area contributed by atoms with Crippen LogP contribution in [0.25, 0.3) is 0 Å². The zero-order chi connectivity index (χ0) is 30.0. The summed E-state index contributed by atoms with van der Waals surface area (Å²) < 4.78 is 40.9. The molecule has 6 atom stereocenters. The molecule has 0 aromatic heterocycles. The van der Waals surface area contributed by atoms with Crippen LogP contribution < -0.4 is 0 Å². The average molecular weight is 595 g/mol. The van der Waals surface area contributed by atoms with Crippen molar-refractivity contribution in [1.82, 2.24) is 0 Å². The molecule has 1 aromatic rings. The van der Waals surface area contributed by atoms with Crippen LogP contribution in [-0.2, 0) is 27.8 Å². The van der Waals surface area contributed by atoms with Gasteiger partial charge in [-0.05, 0) is 33.2 Å². The molecule has 8 heteroatoms. The first-order valence-corrected chi connectivity index (χ1v) is 19.9. The smallest absolute Gasteiger partial charge is 0.201 e. The van der Waals surface area contributed by atoms with Crippen molar-refractivity contribution in [3.63, 3.8) is 0 Å². The standard InChI is InChI=1S/C32H58O6Si2/c1-20(2)39(21(3)4,22(5)6)37-29-28-27(19-34-31(36-28)26-17-15-14-16-18-26)35-32(33-13)30(29)38-40(23(7)8,24(9)10)25(11)12/h14-18,20-25,27-32H,19H2,1-13H3/t27?,28-,29?,30?,31?,32+/m0/s1. The Kier molecular flexibility index (Phi) is 11.7. The lowest BCUT2D eigenvalue weighted by molar-refractivity contribution is -0.354. The minimum Gasteiger partial charge on any atom is -0.408 e. The third kappa shape index (κ3) is 6.35. The van der Waals surface area contributed by atoms with Crippen LogP contribution in [0.1, 0.15) is 94.9 Å². The molecule has 6 nitrogen and oxygen atoms in total. The lowest BCUT2D eigenvalue weighted by Crippen LogP contribution is -2.69. The van der Waals surface area contributed by atoms with E-state index in [1.807, 2.05) is 18.2 Å². The molecule has 1 aromatic carbocycles. The molecule has 4 unspecified atom stereocenters. The molecule has 3 rings (SSSR count). The van der Waals surface area contributed by atoms with E-state index in [2.05, 4.69) is 95.2 Å². The lowest BCUT2D eigenvalue weighted by Gasteiger charge is -2.56. The van der Waals surface area contributed by atoms with E-state index in [9.17, 15) is 0 Å². The van der Waals surface area contributed by atoms with E-state index in [0.717, 1.165) is 5.56 Å². The van der Waals surface area contributed by atoms with Crippen LogP contribution in [0.4, 0.5) is 0 Å². The van der Waals surface area contributed by atoms with Gasteiger partial charge in [-0.1, -0.05) is 113 Å². The molecule has 0 bridgehead atoms. The van der Waals surface area contributed by atoms with Gasteiger partial charge in [0.1, 0.15) is 24.4 Å². The summed E-state index contributed by atoms with van der Waals surface area (Å²) in [5, 5.41) is 0. The van der Waals surface area contributed by atoms with Crippen molar-refractivity contribution in [3.05, 3.63) is 35.9 Å². The van der Waals surface area contributed by atoms with Crippen LogP contribution in [0, 0.1) is 0 Å². The Hall–Kier alpha value is -0.586. The second-order valence-corrected chi connectivity index (χ2v) is 24.6. The number of benzene rings is 1. The maximum absolute atomic E-state index is 7.64. The number of hydrogen-bond acceptors (Lipinski definition) is 6. The Bertz CT molecular complexity index is 862. The van der Waals surface area contributed by atoms with Gasteiger partial charge in [0, 0.05) is 12.7 Å². The molecule has 2 fully saturated rings. The summed E-state index contributed by atoms with van der Waals surface area (Å²) in [7, 11) is -2.93. The summed E-state index contributed by atoms with van der Waals surface area (Å²) in [6.07, 6.45) is -2.41. The number of hydrogen-bond donors (Lipinski definition) is 0. The van der Waals surface area contributed by atoms with Gasteiger partial charge in [0.2, 0.25) is 16.6 Å². The van der Waals surface area contributed by atoms with Crippen LogP contribution in [-0.4, -0.2) is 61.1 Å². The Morgan fingerprint density at radius 1 is 0.650 bits per heavy atom. The fraction of sp³-hybridized carbons (Fsp3) is 0.812. The largest absolute Gasteiger partial charge is 0.408 e. The Morgan fingerprint density at radius 3 is 1.52 bits per heavy atom. The third-order valence-corrected chi connectivity index (χ3v) is 21.9. The van der Waals surface area contributed by atoms with Gasteiger partial charge in [-0.2, -0.15) is 0 Å². The van der Waals surface area contributed by atoms with Gasteiger partial charge < -0.3 is 27.8 Å². The third-order valence-electron chi connectivity index (χ3n) is 9.68. The minimum absolute atomic E-state index is 0.304. The van der Waals surface area contributed by atoms with Gasteiger partial charge in [-0.25, -0.2) is 0 Å². The normalized spacial score (nSPS) is 28.4. The summed E-state index contributed by atoms with van der Waals surface area (Å²) in [5.41, 5.74) is 3.50. The van der Waals surface area contributed by atoms with Crippen LogP contribution >= 0.6 is 0 Å². The highest BCUT2D eigenvalue weighted by Crippen LogP contribution is 2.49. The van der Waals surface area contributed by atoms with Crippen molar-refractivity contribution in [2.45, 2.75) is 153 Å². The summed E-state index contributed by atoms with van der Waals surface area (Å²) >= 11 is 0. The van der Waals surface area contributed by atoms with Gasteiger partial charge in [0.15, 0.2) is 12.6 Å². The number of ether oxygens (including phenoxy) is 4. The van der Waals surface area contributed by atoms with E-state index in [1.54, 1.807) is 7.11 Å². The van der Waals surface area contributed by atoms with Crippen molar-refractivity contribution in [1.29, 1.82) is 0 Å². The van der Waals surface area contributed by atoms with E-state index < -0.39 is 35.3 Å². The minimum atomic E-state index is -2.33. The fourth-order valence-corrected chi connectivity index (χ4v) is 19.2. The number of methoxy groups -OCH3 is 1. The maximum Gasteiger partial charge on any atom is 0.201 e. The van der Waals surface area contributed by atoms with Crippen molar-refractivity contribution >= 4 is 16.6 Å². The fourth-order valence-electron chi connectivity index (χ4n) is 8.06. The molecule has 0 saturated carbocycles. The first-order chi connectivity index (χ1) is 18.7. The van der Waals surface area contributed by atoms with Crippen molar-refractivity contribution in [3.8, 4) is 0 Å². The first kappa shape index (κ1) is 33.9. The summed E-state index contributed by atoms with van der Waals surface area (Å²) in [5.74, 6) is 0. The SMILES string of the molecule is CO[C@@H]1OC2COC(c3ccccc3)O[C@@H]2C(O[Si](C(C)C)(C(C)C)C(C)C)C1O[Si](C(C)C)(C(C)C)C(C)C. The van der Waals surface area contributed by atoms with Gasteiger partial charge >= 0.3 is 0 Å². The average Bonchev–Trinajstić information content (AvgIpc) is 2.89.